The van der Waals surface area contributed by atoms with Crippen LogP contribution in [0.1, 0.15) is 32.1 Å². The Morgan fingerprint density at radius 1 is 1.31 bits per heavy atom. The summed E-state index contributed by atoms with van der Waals surface area (Å²) in [6.07, 6.45) is 5.06. The molecule has 0 aromatic rings. The number of piperidine rings is 2. The molecule has 3 heteroatoms. The van der Waals surface area contributed by atoms with Crippen molar-refractivity contribution >= 4 is 0 Å². The Hall–Kier alpha value is -0.150. The summed E-state index contributed by atoms with van der Waals surface area (Å²) in [5.74, 6) is 0. The van der Waals surface area contributed by atoms with E-state index in [2.05, 4.69) is 4.90 Å². The minimum atomic E-state index is -1.08. The molecule has 2 fully saturated rings. The van der Waals surface area contributed by atoms with Crippen molar-refractivity contribution in [2.24, 2.45) is 5.73 Å². The van der Waals surface area contributed by atoms with Crippen LogP contribution in [-0.2, 0) is 0 Å². The summed E-state index contributed by atoms with van der Waals surface area (Å²) >= 11 is 0. The van der Waals surface area contributed by atoms with Crippen LogP contribution in [0.5, 0.6) is 0 Å². The summed E-state index contributed by atoms with van der Waals surface area (Å²) in [5.41, 5.74) is 4.46. The van der Waals surface area contributed by atoms with Gasteiger partial charge in [0.1, 0.15) is 5.67 Å². The third-order valence-electron chi connectivity index (χ3n) is 3.59. The lowest BCUT2D eigenvalue weighted by molar-refractivity contribution is -0.0310. The molecule has 2 rings (SSSR count). The molecule has 0 saturated carbocycles. The van der Waals surface area contributed by atoms with E-state index >= 15 is 0 Å². The number of rotatable bonds is 1. The van der Waals surface area contributed by atoms with Crippen molar-refractivity contribution in [3.63, 3.8) is 0 Å². The zero-order valence-electron chi connectivity index (χ0n) is 8.14. The Bertz CT molecular complexity index is 184. The highest BCUT2D eigenvalue weighted by atomic mass is 19.1. The average Bonchev–Trinajstić information content (AvgIpc) is 2.19. The zero-order chi connectivity index (χ0) is 9.31. The number of nitrogens with zero attached hydrogens (tertiary/aromatic N) is 1. The molecule has 2 aliphatic rings. The zero-order valence-corrected chi connectivity index (χ0v) is 8.14. The third kappa shape index (κ3) is 1.59. The van der Waals surface area contributed by atoms with E-state index < -0.39 is 5.67 Å². The first-order chi connectivity index (χ1) is 6.26. The van der Waals surface area contributed by atoms with Crippen LogP contribution in [0.3, 0.4) is 0 Å². The second-order valence-corrected chi connectivity index (χ2v) is 4.39. The molecule has 2 unspecified atom stereocenters. The molecule has 2 heterocycles. The first kappa shape index (κ1) is 9.41. The van der Waals surface area contributed by atoms with Gasteiger partial charge in [0.15, 0.2) is 0 Å². The van der Waals surface area contributed by atoms with Gasteiger partial charge in [0, 0.05) is 12.6 Å². The van der Waals surface area contributed by atoms with E-state index in [1.165, 1.54) is 12.8 Å². The minimum absolute atomic E-state index is 0.125. The van der Waals surface area contributed by atoms with Gasteiger partial charge in [0.2, 0.25) is 0 Å². The summed E-state index contributed by atoms with van der Waals surface area (Å²) in [6.45, 7) is 2.36. The molecule has 0 aromatic heterocycles. The average molecular weight is 186 g/mol. The summed E-state index contributed by atoms with van der Waals surface area (Å²) in [6, 6.07) is 0.125. The Kier molecular flexibility index (Phi) is 2.56. The van der Waals surface area contributed by atoms with Gasteiger partial charge in [-0.25, -0.2) is 4.39 Å². The molecule has 0 aliphatic carbocycles. The quantitative estimate of drug-likeness (QED) is 0.669. The van der Waals surface area contributed by atoms with E-state index in [1.807, 2.05) is 0 Å². The molecule has 2 aliphatic heterocycles. The molecule has 2 N–H and O–H groups in total. The Balaban J connectivity index is 2.11. The maximum atomic E-state index is 14.3. The van der Waals surface area contributed by atoms with Crippen LogP contribution >= 0.6 is 0 Å². The van der Waals surface area contributed by atoms with Crippen LogP contribution in [0.25, 0.3) is 0 Å². The van der Waals surface area contributed by atoms with E-state index in [-0.39, 0.29) is 12.6 Å². The van der Waals surface area contributed by atoms with Crippen molar-refractivity contribution in [3.8, 4) is 0 Å². The molecule has 0 aromatic carbocycles. The highest BCUT2D eigenvalue weighted by Gasteiger charge is 2.44. The van der Waals surface area contributed by atoms with Crippen LogP contribution in [0.2, 0.25) is 0 Å². The summed E-state index contributed by atoms with van der Waals surface area (Å²) in [5, 5.41) is 0. The molecule has 2 saturated heterocycles. The number of hydrogen-bond acceptors (Lipinski definition) is 2. The Labute approximate surface area is 79.3 Å². The van der Waals surface area contributed by atoms with Crippen LogP contribution in [0, 0.1) is 0 Å². The highest BCUT2D eigenvalue weighted by Crippen LogP contribution is 2.35. The number of halogens is 1. The second-order valence-electron chi connectivity index (χ2n) is 4.39. The van der Waals surface area contributed by atoms with Crippen molar-refractivity contribution in [2.75, 3.05) is 19.6 Å². The number of fused-ring (bicyclic) bond motifs is 1. The third-order valence-corrected chi connectivity index (χ3v) is 3.59. The standard InChI is InChI=1S/C10H19FN2/c11-10(8-12)5-3-7-13-6-2-1-4-9(10)13/h9H,1-8,12H2. The normalized spacial score (nSPS) is 41.5. The van der Waals surface area contributed by atoms with Gasteiger partial charge in [-0.2, -0.15) is 0 Å². The van der Waals surface area contributed by atoms with Crippen molar-refractivity contribution in [2.45, 2.75) is 43.8 Å². The van der Waals surface area contributed by atoms with Crippen molar-refractivity contribution in [3.05, 3.63) is 0 Å². The van der Waals surface area contributed by atoms with Crippen LogP contribution in [0.4, 0.5) is 4.39 Å². The van der Waals surface area contributed by atoms with Gasteiger partial charge in [-0.05, 0) is 38.8 Å². The molecule has 2 nitrogen and oxygen atoms in total. The largest absolute Gasteiger partial charge is 0.327 e. The van der Waals surface area contributed by atoms with Crippen LogP contribution in [-0.4, -0.2) is 36.2 Å². The number of nitrogens with two attached hydrogens (primary N) is 1. The van der Waals surface area contributed by atoms with Crippen LogP contribution < -0.4 is 5.73 Å². The van der Waals surface area contributed by atoms with Crippen molar-refractivity contribution in [1.82, 2.24) is 4.90 Å². The molecule has 0 amide bonds. The predicted molar refractivity (Wildman–Crippen MR) is 51.3 cm³/mol. The molecule has 0 radical (unpaired) electrons. The minimum Gasteiger partial charge on any atom is -0.327 e. The Morgan fingerprint density at radius 2 is 2.08 bits per heavy atom. The van der Waals surface area contributed by atoms with Gasteiger partial charge in [-0.1, -0.05) is 6.42 Å². The smallest absolute Gasteiger partial charge is 0.138 e. The fourth-order valence-electron chi connectivity index (χ4n) is 2.83. The van der Waals surface area contributed by atoms with Gasteiger partial charge in [0.05, 0.1) is 0 Å². The van der Waals surface area contributed by atoms with Crippen molar-refractivity contribution in [1.29, 1.82) is 0 Å². The Morgan fingerprint density at radius 3 is 2.85 bits per heavy atom. The maximum absolute atomic E-state index is 14.3. The maximum Gasteiger partial charge on any atom is 0.138 e. The molecule has 0 spiro atoms. The van der Waals surface area contributed by atoms with E-state index in [1.54, 1.807) is 0 Å². The molecular formula is C10H19FN2. The fourth-order valence-corrected chi connectivity index (χ4v) is 2.83. The summed E-state index contributed by atoms with van der Waals surface area (Å²) in [4.78, 5) is 2.31. The van der Waals surface area contributed by atoms with E-state index in [0.29, 0.717) is 6.42 Å². The molecular weight excluding hydrogens is 167 g/mol. The van der Waals surface area contributed by atoms with Crippen LogP contribution in [0.15, 0.2) is 0 Å². The van der Waals surface area contributed by atoms with E-state index in [4.69, 9.17) is 5.73 Å². The SMILES string of the molecule is NCC1(F)CCCN2CCCCC21. The van der Waals surface area contributed by atoms with E-state index in [0.717, 1.165) is 25.9 Å². The fraction of sp³-hybridized carbons (Fsp3) is 1.00. The lowest BCUT2D eigenvalue weighted by Crippen LogP contribution is -2.59. The van der Waals surface area contributed by atoms with Gasteiger partial charge < -0.3 is 5.73 Å². The van der Waals surface area contributed by atoms with Gasteiger partial charge in [0.25, 0.3) is 0 Å². The van der Waals surface area contributed by atoms with Gasteiger partial charge in [-0.3, -0.25) is 4.90 Å². The molecule has 2 atom stereocenters. The second kappa shape index (κ2) is 3.54. The first-order valence-corrected chi connectivity index (χ1v) is 5.39. The number of alkyl halides is 1. The lowest BCUT2D eigenvalue weighted by Gasteiger charge is -2.47. The van der Waals surface area contributed by atoms with Crippen molar-refractivity contribution < 1.29 is 4.39 Å². The summed E-state index contributed by atoms with van der Waals surface area (Å²) in [7, 11) is 0. The van der Waals surface area contributed by atoms with Gasteiger partial charge >= 0.3 is 0 Å². The lowest BCUT2D eigenvalue weighted by atomic mass is 9.81. The monoisotopic (exact) mass is 186 g/mol. The predicted octanol–water partition coefficient (Wildman–Crippen LogP) is 1.30. The highest BCUT2D eigenvalue weighted by molar-refractivity contribution is 4.99. The summed E-state index contributed by atoms with van der Waals surface area (Å²) < 4.78 is 14.3. The molecule has 0 bridgehead atoms. The molecule has 13 heavy (non-hydrogen) atoms. The van der Waals surface area contributed by atoms with Gasteiger partial charge in [-0.15, -0.1) is 0 Å². The molecule has 76 valence electrons. The van der Waals surface area contributed by atoms with E-state index in [9.17, 15) is 4.39 Å². The topological polar surface area (TPSA) is 29.3 Å². The first-order valence-electron chi connectivity index (χ1n) is 5.39. The number of hydrogen-bond donors (Lipinski definition) is 1.